The molecular formula is C17H15ClN2O2. The Labute approximate surface area is 133 Å². The van der Waals surface area contributed by atoms with Crippen molar-refractivity contribution in [3.8, 4) is 5.75 Å². The third-order valence-corrected chi connectivity index (χ3v) is 4.12. The van der Waals surface area contributed by atoms with Gasteiger partial charge in [-0.25, -0.2) is 0 Å². The summed E-state index contributed by atoms with van der Waals surface area (Å²) in [6, 6.07) is 14.9. The van der Waals surface area contributed by atoms with Crippen molar-refractivity contribution in [3.05, 3.63) is 54.1 Å². The molecule has 0 aromatic heterocycles. The predicted molar refractivity (Wildman–Crippen MR) is 86.6 cm³/mol. The first kappa shape index (κ1) is 13.5. The number of fused-ring (bicyclic) bond motifs is 1. The molecule has 0 spiro atoms. The Balaban J connectivity index is 1.75. The fourth-order valence-electron chi connectivity index (χ4n) is 2.57. The van der Waals surface area contributed by atoms with E-state index in [1.807, 2.05) is 42.5 Å². The number of hydrogen-bond acceptors (Lipinski definition) is 3. The number of halogens is 1. The summed E-state index contributed by atoms with van der Waals surface area (Å²) in [5.41, 5.74) is 1.41. The molecule has 2 aliphatic rings. The van der Waals surface area contributed by atoms with E-state index in [4.69, 9.17) is 16.3 Å². The van der Waals surface area contributed by atoms with E-state index < -0.39 is 5.62 Å². The largest absolute Gasteiger partial charge is 0.488 e. The van der Waals surface area contributed by atoms with E-state index >= 15 is 0 Å². The van der Waals surface area contributed by atoms with Crippen LogP contribution in [0.25, 0.3) is 0 Å². The summed E-state index contributed by atoms with van der Waals surface area (Å²) in [5, 5.41) is 3.15. The number of benzene rings is 2. The second-order valence-electron chi connectivity index (χ2n) is 5.49. The molecule has 4 nitrogen and oxygen atoms in total. The first-order valence-electron chi connectivity index (χ1n) is 7.33. The molecule has 5 heteroatoms. The van der Waals surface area contributed by atoms with Crippen molar-refractivity contribution in [1.29, 1.82) is 0 Å². The van der Waals surface area contributed by atoms with E-state index in [0.717, 1.165) is 18.5 Å². The quantitative estimate of drug-likeness (QED) is 0.691. The van der Waals surface area contributed by atoms with E-state index in [9.17, 15) is 4.79 Å². The molecule has 4 rings (SSSR count). The molecule has 1 aliphatic carbocycles. The number of amides is 1. The summed E-state index contributed by atoms with van der Waals surface area (Å²) in [7, 11) is 0. The Morgan fingerprint density at radius 2 is 1.82 bits per heavy atom. The maximum atomic E-state index is 12.8. The SMILES string of the molecule is O=C1c2ccccc2NC(Cl)N1c1ccccc1OC1CC1. The van der Waals surface area contributed by atoms with Crippen molar-refractivity contribution >= 4 is 28.9 Å². The molecule has 1 atom stereocenters. The molecule has 0 saturated heterocycles. The van der Waals surface area contributed by atoms with Gasteiger partial charge < -0.3 is 10.1 Å². The molecule has 112 valence electrons. The molecule has 1 unspecified atom stereocenters. The normalized spacial score (nSPS) is 20.3. The zero-order valence-electron chi connectivity index (χ0n) is 11.8. The second kappa shape index (κ2) is 5.21. The van der Waals surface area contributed by atoms with Gasteiger partial charge >= 0.3 is 0 Å². The van der Waals surface area contributed by atoms with Crippen molar-refractivity contribution in [2.75, 3.05) is 10.2 Å². The lowest BCUT2D eigenvalue weighted by atomic mass is 10.1. The lowest BCUT2D eigenvalue weighted by Crippen LogP contribution is -2.46. The van der Waals surface area contributed by atoms with Crippen LogP contribution in [-0.2, 0) is 0 Å². The van der Waals surface area contributed by atoms with E-state index in [-0.39, 0.29) is 12.0 Å². The highest BCUT2D eigenvalue weighted by Gasteiger charge is 2.34. The van der Waals surface area contributed by atoms with Gasteiger partial charge in [0.2, 0.25) is 0 Å². The van der Waals surface area contributed by atoms with Crippen molar-refractivity contribution in [3.63, 3.8) is 0 Å². The monoisotopic (exact) mass is 314 g/mol. The van der Waals surface area contributed by atoms with Gasteiger partial charge in [0, 0.05) is 5.69 Å². The summed E-state index contributed by atoms with van der Waals surface area (Å²) >= 11 is 6.40. The summed E-state index contributed by atoms with van der Waals surface area (Å²) in [6.07, 6.45) is 2.39. The van der Waals surface area contributed by atoms with Crippen molar-refractivity contribution in [2.45, 2.75) is 24.6 Å². The first-order valence-corrected chi connectivity index (χ1v) is 7.76. The van der Waals surface area contributed by atoms with E-state index in [1.165, 1.54) is 0 Å². The molecule has 22 heavy (non-hydrogen) atoms. The van der Waals surface area contributed by atoms with E-state index in [2.05, 4.69) is 5.32 Å². The highest BCUT2D eigenvalue weighted by Crippen LogP contribution is 2.38. The van der Waals surface area contributed by atoms with Crippen molar-refractivity contribution in [2.24, 2.45) is 0 Å². The molecular weight excluding hydrogens is 300 g/mol. The maximum Gasteiger partial charge on any atom is 0.263 e. The first-order chi connectivity index (χ1) is 10.7. The summed E-state index contributed by atoms with van der Waals surface area (Å²) in [4.78, 5) is 14.4. The molecule has 1 aliphatic heterocycles. The minimum absolute atomic E-state index is 0.124. The summed E-state index contributed by atoms with van der Waals surface area (Å²) in [6.45, 7) is 0. The van der Waals surface area contributed by atoms with Gasteiger partial charge in [-0.05, 0) is 37.1 Å². The van der Waals surface area contributed by atoms with Crippen LogP contribution in [-0.4, -0.2) is 17.6 Å². The maximum absolute atomic E-state index is 12.8. The van der Waals surface area contributed by atoms with Crippen LogP contribution >= 0.6 is 11.6 Å². The average molecular weight is 315 g/mol. The Morgan fingerprint density at radius 3 is 2.64 bits per heavy atom. The van der Waals surface area contributed by atoms with Crippen LogP contribution in [0.5, 0.6) is 5.75 Å². The molecule has 1 heterocycles. The zero-order valence-corrected chi connectivity index (χ0v) is 12.6. The van der Waals surface area contributed by atoms with Gasteiger partial charge in [-0.1, -0.05) is 35.9 Å². The number of nitrogens with zero attached hydrogens (tertiary/aromatic N) is 1. The number of para-hydroxylation sites is 3. The topological polar surface area (TPSA) is 41.6 Å². The number of anilines is 2. The van der Waals surface area contributed by atoms with E-state index in [0.29, 0.717) is 17.0 Å². The van der Waals surface area contributed by atoms with Gasteiger partial charge in [0.25, 0.3) is 5.91 Å². The number of ether oxygens (including phenoxy) is 1. The van der Waals surface area contributed by atoms with Gasteiger partial charge in [0.1, 0.15) is 5.75 Å². The average Bonchev–Trinajstić information content (AvgIpc) is 3.33. The molecule has 0 bridgehead atoms. The van der Waals surface area contributed by atoms with Gasteiger partial charge in [0.15, 0.2) is 5.62 Å². The van der Waals surface area contributed by atoms with Gasteiger partial charge in [0.05, 0.1) is 17.4 Å². The lowest BCUT2D eigenvalue weighted by Gasteiger charge is -2.34. The minimum Gasteiger partial charge on any atom is -0.488 e. The third kappa shape index (κ3) is 2.29. The molecule has 1 fully saturated rings. The van der Waals surface area contributed by atoms with Crippen LogP contribution in [0, 0.1) is 0 Å². The zero-order chi connectivity index (χ0) is 15.1. The summed E-state index contributed by atoms with van der Waals surface area (Å²) < 4.78 is 5.91. The van der Waals surface area contributed by atoms with Crippen LogP contribution in [0.15, 0.2) is 48.5 Å². The number of alkyl halides is 1. The second-order valence-corrected chi connectivity index (χ2v) is 5.90. The Bertz CT molecular complexity index is 730. The Hall–Kier alpha value is -2.20. The van der Waals surface area contributed by atoms with Crippen LogP contribution in [0.1, 0.15) is 23.2 Å². The molecule has 2 aromatic carbocycles. The molecule has 1 N–H and O–H groups in total. The lowest BCUT2D eigenvalue weighted by molar-refractivity contribution is 0.0981. The number of carbonyl (C=O) groups excluding carboxylic acids is 1. The van der Waals surface area contributed by atoms with Crippen LogP contribution in [0.4, 0.5) is 11.4 Å². The molecule has 0 radical (unpaired) electrons. The van der Waals surface area contributed by atoms with E-state index in [1.54, 1.807) is 11.0 Å². The predicted octanol–water partition coefficient (Wildman–Crippen LogP) is 3.82. The molecule has 2 aromatic rings. The number of nitrogens with one attached hydrogen (secondary N) is 1. The molecule has 1 saturated carbocycles. The Morgan fingerprint density at radius 1 is 1.09 bits per heavy atom. The Kier molecular flexibility index (Phi) is 3.19. The fourth-order valence-corrected chi connectivity index (χ4v) is 2.89. The highest BCUT2D eigenvalue weighted by molar-refractivity contribution is 6.29. The van der Waals surface area contributed by atoms with Crippen LogP contribution in [0.2, 0.25) is 0 Å². The van der Waals surface area contributed by atoms with Gasteiger partial charge in [-0.15, -0.1) is 0 Å². The number of rotatable bonds is 3. The summed E-state index contributed by atoms with van der Waals surface area (Å²) in [5.74, 6) is 0.575. The van der Waals surface area contributed by atoms with Crippen molar-refractivity contribution in [1.82, 2.24) is 0 Å². The van der Waals surface area contributed by atoms with Gasteiger partial charge in [-0.3, -0.25) is 9.69 Å². The van der Waals surface area contributed by atoms with Crippen LogP contribution in [0.3, 0.4) is 0 Å². The van der Waals surface area contributed by atoms with Crippen LogP contribution < -0.4 is 15.0 Å². The minimum atomic E-state index is -0.647. The molecule has 1 amide bonds. The number of carbonyl (C=O) groups is 1. The smallest absolute Gasteiger partial charge is 0.263 e. The third-order valence-electron chi connectivity index (χ3n) is 3.82. The number of hydrogen-bond donors (Lipinski definition) is 1. The standard InChI is InChI=1S/C17H15ClN2O2/c18-17-19-13-6-2-1-5-12(13)16(21)20(17)14-7-3-4-8-15(14)22-11-9-10-11/h1-8,11,17,19H,9-10H2. The fraction of sp³-hybridized carbons (Fsp3) is 0.235. The van der Waals surface area contributed by atoms with Gasteiger partial charge in [-0.2, -0.15) is 0 Å². The highest BCUT2D eigenvalue weighted by atomic mass is 35.5. The van der Waals surface area contributed by atoms with Crippen molar-refractivity contribution < 1.29 is 9.53 Å².